The fourth-order valence-electron chi connectivity index (χ4n) is 9.75. The van der Waals surface area contributed by atoms with Crippen molar-refractivity contribution in [2.45, 2.75) is 52.4 Å². The first-order chi connectivity index (χ1) is 30.0. The summed E-state index contributed by atoms with van der Waals surface area (Å²) < 4.78 is 2.52. The van der Waals surface area contributed by atoms with Gasteiger partial charge in [0, 0.05) is 32.8 Å². The quantitative estimate of drug-likeness (QED) is 0.152. The summed E-state index contributed by atoms with van der Waals surface area (Å²) in [5.41, 5.74) is 14.6. The molecule has 0 aliphatic heterocycles. The molecule has 11 rings (SSSR count). The molecule has 10 aromatic carbocycles. The van der Waals surface area contributed by atoms with Crippen LogP contribution in [-0.2, 0) is 10.8 Å². The van der Waals surface area contributed by atoms with Gasteiger partial charge in [-0.1, -0.05) is 175 Å². The third kappa shape index (κ3) is 6.16. The van der Waals surface area contributed by atoms with E-state index in [-0.39, 0.29) is 10.8 Å². The highest BCUT2D eigenvalue weighted by molar-refractivity contribution is 6.27. The fraction of sp³-hybridized carbons (Fsp3) is 0.133. The summed E-state index contributed by atoms with van der Waals surface area (Å²) in [5.74, 6) is 0. The predicted octanol–water partition coefficient (Wildman–Crippen LogP) is 17.1. The van der Waals surface area contributed by atoms with Crippen LogP contribution in [0.15, 0.2) is 194 Å². The largest absolute Gasteiger partial charge is 0.309 e. The Morgan fingerprint density at radius 2 is 0.871 bits per heavy atom. The third-order valence-corrected chi connectivity index (χ3v) is 13.0. The molecule has 0 radical (unpaired) electrons. The number of nitrogens with zero attached hydrogens (tertiary/aromatic N) is 2. The fourth-order valence-corrected chi connectivity index (χ4v) is 9.75. The number of hydrogen-bond acceptors (Lipinski definition) is 1. The third-order valence-electron chi connectivity index (χ3n) is 13.0. The van der Waals surface area contributed by atoms with Crippen molar-refractivity contribution in [2.75, 3.05) is 4.90 Å². The minimum absolute atomic E-state index is 0.0361. The molecule has 2 nitrogen and oxygen atoms in total. The molecule has 0 atom stereocenters. The molecule has 0 unspecified atom stereocenters. The molecule has 1 aromatic heterocycles. The van der Waals surface area contributed by atoms with Crippen molar-refractivity contribution < 1.29 is 0 Å². The standard InChI is InChI=1S/C60H50N2/c1-59(2,3)44-27-34-55-50(37-44)51-38-45(60(4,5)6)28-35-56(51)62(55)53-32-25-42-22-29-47-52(31-24-41-23-30-48(53)58(42)57(41)47)61(46-20-14-9-15-21-46)54-33-26-43(39-16-10-7-11-17-39)36-49(54)40-18-12-8-13-19-40/h7-38H,1-6H3. The van der Waals surface area contributed by atoms with E-state index in [4.69, 9.17) is 0 Å². The molecule has 300 valence electrons. The summed E-state index contributed by atoms with van der Waals surface area (Å²) in [4.78, 5) is 2.47. The lowest BCUT2D eigenvalue weighted by atomic mass is 9.85. The van der Waals surface area contributed by atoms with Crippen molar-refractivity contribution in [1.82, 2.24) is 4.57 Å². The van der Waals surface area contributed by atoms with Gasteiger partial charge in [-0.15, -0.1) is 0 Å². The number of hydrogen-bond donors (Lipinski definition) is 0. The summed E-state index contributed by atoms with van der Waals surface area (Å²) in [5, 5.41) is 10.1. The zero-order valence-electron chi connectivity index (χ0n) is 36.4. The maximum absolute atomic E-state index is 2.52. The van der Waals surface area contributed by atoms with E-state index in [1.165, 1.54) is 93.2 Å². The molecular weight excluding hydrogens is 749 g/mol. The first kappa shape index (κ1) is 37.8. The summed E-state index contributed by atoms with van der Waals surface area (Å²) >= 11 is 0. The van der Waals surface area contributed by atoms with Crippen LogP contribution in [0.2, 0.25) is 0 Å². The monoisotopic (exact) mass is 798 g/mol. The first-order valence-electron chi connectivity index (χ1n) is 21.9. The lowest BCUT2D eigenvalue weighted by Gasteiger charge is -2.30. The smallest absolute Gasteiger partial charge is 0.0541 e. The number of para-hydroxylation sites is 1. The summed E-state index contributed by atoms with van der Waals surface area (Å²) in [6, 6.07) is 72.3. The van der Waals surface area contributed by atoms with Crippen LogP contribution in [0.25, 0.3) is 82.1 Å². The SMILES string of the molecule is CC(C)(C)c1ccc2c(c1)c1cc(C(C)(C)C)ccc1n2-c1ccc2ccc3c(N(c4ccccc4)c4ccc(-c5ccccc5)cc4-c4ccccc4)ccc4ccc1c2c43. The number of benzene rings is 10. The molecule has 2 heteroatoms. The Hall–Kier alpha value is -7.16. The minimum Gasteiger partial charge on any atom is -0.309 e. The van der Waals surface area contributed by atoms with Crippen LogP contribution in [0.1, 0.15) is 52.7 Å². The van der Waals surface area contributed by atoms with Crippen LogP contribution < -0.4 is 4.90 Å². The molecule has 0 aliphatic rings. The average molecular weight is 799 g/mol. The molecule has 0 saturated heterocycles. The molecule has 0 amide bonds. The average Bonchev–Trinajstić information content (AvgIpc) is 3.62. The van der Waals surface area contributed by atoms with Crippen molar-refractivity contribution in [3.8, 4) is 27.9 Å². The highest BCUT2D eigenvalue weighted by Crippen LogP contribution is 2.48. The first-order valence-corrected chi connectivity index (χ1v) is 21.9. The molecule has 0 N–H and O–H groups in total. The van der Waals surface area contributed by atoms with Gasteiger partial charge in [0.15, 0.2) is 0 Å². The van der Waals surface area contributed by atoms with Gasteiger partial charge in [-0.25, -0.2) is 0 Å². The van der Waals surface area contributed by atoms with Crippen molar-refractivity contribution in [3.05, 3.63) is 205 Å². The zero-order chi connectivity index (χ0) is 42.3. The van der Waals surface area contributed by atoms with E-state index >= 15 is 0 Å². The van der Waals surface area contributed by atoms with Crippen LogP contribution >= 0.6 is 0 Å². The molecule has 0 fully saturated rings. The van der Waals surface area contributed by atoms with E-state index < -0.39 is 0 Å². The molecule has 1 heterocycles. The maximum Gasteiger partial charge on any atom is 0.0541 e. The second kappa shape index (κ2) is 14.2. The van der Waals surface area contributed by atoms with Crippen molar-refractivity contribution >= 4 is 71.2 Å². The second-order valence-corrected chi connectivity index (χ2v) is 19.0. The van der Waals surface area contributed by atoms with Crippen LogP contribution in [0, 0.1) is 0 Å². The normalized spacial score (nSPS) is 12.4. The Morgan fingerprint density at radius 1 is 0.371 bits per heavy atom. The molecule has 0 spiro atoms. The van der Waals surface area contributed by atoms with Gasteiger partial charge in [0.2, 0.25) is 0 Å². The Bertz CT molecular complexity index is 3380. The van der Waals surface area contributed by atoms with E-state index in [2.05, 4.69) is 245 Å². The predicted molar refractivity (Wildman–Crippen MR) is 267 cm³/mol. The van der Waals surface area contributed by atoms with E-state index in [0.29, 0.717) is 0 Å². The van der Waals surface area contributed by atoms with Gasteiger partial charge in [-0.05, 0) is 121 Å². The number of rotatable bonds is 6. The summed E-state index contributed by atoms with van der Waals surface area (Å²) in [7, 11) is 0. The topological polar surface area (TPSA) is 8.17 Å². The van der Waals surface area contributed by atoms with Gasteiger partial charge in [-0.2, -0.15) is 0 Å². The van der Waals surface area contributed by atoms with Crippen molar-refractivity contribution in [1.29, 1.82) is 0 Å². The highest BCUT2D eigenvalue weighted by Gasteiger charge is 2.25. The van der Waals surface area contributed by atoms with Crippen LogP contribution in [-0.4, -0.2) is 4.57 Å². The Morgan fingerprint density at radius 3 is 1.47 bits per heavy atom. The Labute approximate surface area is 364 Å². The van der Waals surface area contributed by atoms with Gasteiger partial charge in [0.1, 0.15) is 0 Å². The lowest BCUT2D eigenvalue weighted by molar-refractivity contribution is 0.590. The Kier molecular flexibility index (Phi) is 8.67. The lowest BCUT2D eigenvalue weighted by Crippen LogP contribution is -2.12. The number of anilines is 3. The van der Waals surface area contributed by atoms with Gasteiger partial charge in [0.05, 0.1) is 28.1 Å². The zero-order valence-corrected chi connectivity index (χ0v) is 36.4. The molecular formula is C60H50N2. The van der Waals surface area contributed by atoms with Crippen molar-refractivity contribution in [2.24, 2.45) is 0 Å². The van der Waals surface area contributed by atoms with Crippen molar-refractivity contribution in [3.63, 3.8) is 0 Å². The summed E-state index contributed by atoms with van der Waals surface area (Å²) in [6.45, 7) is 13.9. The van der Waals surface area contributed by atoms with Gasteiger partial charge >= 0.3 is 0 Å². The summed E-state index contributed by atoms with van der Waals surface area (Å²) in [6.07, 6.45) is 0. The van der Waals surface area contributed by atoms with Gasteiger partial charge in [0.25, 0.3) is 0 Å². The Balaban J connectivity index is 1.18. The number of fused-ring (bicyclic) bond motifs is 3. The second-order valence-electron chi connectivity index (χ2n) is 19.0. The molecule has 0 aliphatic carbocycles. The van der Waals surface area contributed by atoms with E-state index in [1.54, 1.807) is 0 Å². The maximum atomic E-state index is 2.52. The van der Waals surface area contributed by atoms with E-state index in [0.717, 1.165) is 17.1 Å². The van der Waals surface area contributed by atoms with Crippen LogP contribution in [0.4, 0.5) is 17.1 Å². The molecule has 0 bridgehead atoms. The van der Waals surface area contributed by atoms with E-state index in [9.17, 15) is 0 Å². The molecule has 0 saturated carbocycles. The van der Waals surface area contributed by atoms with Crippen LogP contribution in [0.3, 0.4) is 0 Å². The minimum atomic E-state index is 0.0361. The molecule has 11 aromatic rings. The van der Waals surface area contributed by atoms with Gasteiger partial charge < -0.3 is 9.47 Å². The number of aromatic nitrogens is 1. The highest BCUT2D eigenvalue weighted by atomic mass is 15.1. The van der Waals surface area contributed by atoms with Crippen LogP contribution in [0.5, 0.6) is 0 Å². The van der Waals surface area contributed by atoms with Gasteiger partial charge in [-0.3, -0.25) is 0 Å². The van der Waals surface area contributed by atoms with E-state index in [1.807, 2.05) is 0 Å². The molecule has 62 heavy (non-hydrogen) atoms.